The van der Waals surface area contributed by atoms with E-state index in [0.29, 0.717) is 6.42 Å². The summed E-state index contributed by atoms with van der Waals surface area (Å²) in [6.45, 7) is 4.12. The number of benzene rings is 2. The Kier molecular flexibility index (Phi) is 3.78. The molecule has 0 bridgehead atoms. The summed E-state index contributed by atoms with van der Waals surface area (Å²) in [4.78, 5) is 15.8. The third kappa shape index (κ3) is 2.35. The van der Waals surface area contributed by atoms with Crippen LogP contribution in [0.3, 0.4) is 0 Å². The molecule has 1 N–H and O–H groups in total. The number of unbranched alkanes of at least 4 members (excludes halogenated alkanes) is 1. The molecular formula is C19H21NO. The first-order valence-corrected chi connectivity index (χ1v) is 7.81. The number of para-hydroxylation sites is 1. The first kappa shape index (κ1) is 13.9. The predicted octanol–water partition coefficient (Wildman–Crippen LogP) is 5.26. The Morgan fingerprint density at radius 2 is 1.86 bits per heavy atom. The minimum atomic E-state index is 0.238. The highest BCUT2D eigenvalue weighted by atomic mass is 16.1. The summed E-state index contributed by atoms with van der Waals surface area (Å²) in [5.41, 5.74) is 4.37. The SMILES string of the molecule is CCCCc1c(C(=O)CC)ccc2c1[nH]c1ccccc12. The lowest BCUT2D eigenvalue weighted by atomic mass is 9.95. The summed E-state index contributed by atoms with van der Waals surface area (Å²) < 4.78 is 0. The monoisotopic (exact) mass is 279 g/mol. The van der Waals surface area contributed by atoms with Crippen molar-refractivity contribution in [1.29, 1.82) is 0 Å². The molecule has 0 saturated carbocycles. The van der Waals surface area contributed by atoms with E-state index in [2.05, 4.69) is 36.2 Å². The van der Waals surface area contributed by atoms with Gasteiger partial charge in [-0.2, -0.15) is 0 Å². The van der Waals surface area contributed by atoms with E-state index in [4.69, 9.17) is 0 Å². The molecule has 0 saturated heterocycles. The van der Waals surface area contributed by atoms with E-state index in [1.165, 1.54) is 16.3 Å². The van der Waals surface area contributed by atoms with Crippen LogP contribution in [0.4, 0.5) is 0 Å². The average Bonchev–Trinajstić information content (AvgIpc) is 2.90. The number of Topliss-reactive ketones (excluding diaryl/α,β-unsaturated/α-hetero) is 1. The number of nitrogens with one attached hydrogen (secondary N) is 1. The quantitative estimate of drug-likeness (QED) is 0.635. The maximum atomic E-state index is 12.2. The zero-order chi connectivity index (χ0) is 14.8. The van der Waals surface area contributed by atoms with Crippen LogP contribution in [-0.2, 0) is 6.42 Å². The van der Waals surface area contributed by atoms with E-state index in [9.17, 15) is 4.79 Å². The van der Waals surface area contributed by atoms with Crippen molar-refractivity contribution >= 4 is 27.6 Å². The Morgan fingerprint density at radius 3 is 2.62 bits per heavy atom. The molecule has 0 aliphatic rings. The molecule has 0 fully saturated rings. The van der Waals surface area contributed by atoms with Gasteiger partial charge in [-0.05, 0) is 24.5 Å². The van der Waals surface area contributed by atoms with E-state index in [1.807, 2.05) is 19.1 Å². The third-order valence-electron chi connectivity index (χ3n) is 4.19. The fraction of sp³-hybridized carbons (Fsp3) is 0.316. The van der Waals surface area contributed by atoms with E-state index < -0.39 is 0 Å². The van der Waals surface area contributed by atoms with Crippen molar-refractivity contribution < 1.29 is 4.79 Å². The Labute approximate surface area is 125 Å². The van der Waals surface area contributed by atoms with Crippen LogP contribution in [0.15, 0.2) is 36.4 Å². The van der Waals surface area contributed by atoms with Crippen LogP contribution in [0.5, 0.6) is 0 Å². The molecule has 0 unspecified atom stereocenters. The van der Waals surface area contributed by atoms with Gasteiger partial charge in [-0.1, -0.05) is 50.6 Å². The third-order valence-corrected chi connectivity index (χ3v) is 4.19. The summed E-state index contributed by atoms with van der Waals surface area (Å²) in [7, 11) is 0. The van der Waals surface area contributed by atoms with Gasteiger partial charge in [-0.3, -0.25) is 4.79 Å². The summed E-state index contributed by atoms with van der Waals surface area (Å²) in [6.07, 6.45) is 3.77. The molecule has 21 heavy (non-hydrogen) atoms. The highest BCUT2D eigenvalue weighted by Crippen LogP contribution is 2.31. The number of hydrogen-bond donors (Lipinski definition) is 1. The number of carbonyl (C=O) groups is 1. The van der Waals surface area contributed by atoms with Gasteiger partial charge in [0.15, 0.2) is 5.78 Å². The second kappa shape index (κ2) is 5.72. The topological polar surface area (TPSA) is 32.9 Å². The molecule has 0 radical (unpaired) electrons. The molecule has 108 valence electrons. The van der Waals surface area contributed by atoms with Gasteiger partial charge in [0.05, 0.1) is 5.52 Å². The number of rotatable bonds is 5. The fourth-order valence-corrected chi connectivity index (χ4v) is 3.04. The molecule has 0 aliphatic carbocycles. The Balaban J connectivity index is 2.29. The predicted molar refractivity (Wildman–Crippen MR) is 89.0 cm³/mol. The molecule has 0 amide bonds. The second-order valence-electron chi connectivity index (χ2n) is 5.57. The zero-order valence-corrected chi connectivity index (χ0v) is 12.7. The molecule has 1 heterocycles. The van der Waals surface area contributed by atoms with Crippen molar-refractivity contribution in [3.8, 4) is 0 Å². The number of hydrogen-bond acceptors (Lipinski definition) is 1. The maximum Gasteiger partial charge on any atom is 0.162 e. The number of H-pyrrole nitrogens is 1. The number of aryl methyl sites for hydroxylation is 1. The number of aromatic amines is 1. The molecule has 0 aliphatic heterocycles. The highest BCUT2D eigenvalue weighted by molar-refractivity contribution is 6.11. The molecule has 0 atom stereocenters. The molecule has 3 rings (SSSR count). The number of aromatic nitrogens is 1. The van der Waals surface area contributed by atoms with E-state index in [1.54, 1.807) is 0 Å². The largest absolute Gasteiger partial charge is 0.354 e. The molecule has 2 heteroatoms. The Bertz CT molecular complexity index is 798. The van der Waals surface area contributed by atoms with Gasteiger partial charge < -0.3 is 4.98 Å². The zero-order valence-electron chi connectivity index (χ0n) is 12.7. The smallest absolute Gasteiger partial charge is 0.162 e. The van der Waals surface area contributed by atoms with Crippen LogP contribution in [0.2, 0.25) is 0 Å². The van der Waals surface area contributed by atoms with Gasteiger partial charge in [0.2, 0.25) is 0 Å². The van der Waals surface area contributed by atoms with Crippen LogP contribution in [0, 0.1) is 0 Å². The van der Waals surface area contributed by atoms with Crippen LogP contribution in [0.1, 0.15) is 49.0 Å². The van der Waals surface area contributed by atoms with Crippen molar-refractivity contribution in [3.63, 3.8) is 0 Å². The van der Waals surface area contributed by atoms with Gasteiger partial charge in [-0.25, -0.2) is 0 Å². The van der Waals surface area contributed by atoms with Gasteiger partial charge in [-0.15, -0.1) is 0 Å². The van der Waals surface area contributed by atoms with Crippen molar-refractivity contribution in [2.24, 2.45) is 0 Å². The van der Waals surface area contributed by atoms with Crippen molar-refractivity contribution in [2.75, 3.05) is 0 Å². The highest BCUT2D eigenvalue weighted by Gasteiger charge is 2.15. The first-order chi connectivity index (χ1) is 10.3. The Hall–Kier alpha value is -2.09. The van der Waals surface area contributed by atoms with Gasteiger partial charge in [0, 0.05) is 28.3 Å². The van der Waals surface area contributed by atoms with E-state index in [-0.39, 0.29) is 5.78 Å². The van der Waals surface area contributed by atoms with Crippen molar-refractivity contribution in [3.05, 3.63) is 47.5 Å². The minimum Gasteiger partial charge on any atom is -0.354 e. The first-order valence-electron chi connectivity index (χ1n) is 7.81. The molecule has 2 aromatic carbocycles. The van der Waals surface area contributed by atoms with E-state index >= 15 is 0 Å². The lowest BCUT2D eigenvalue weighted by Crippen LogP contribution is -2.03. The second-order valence-corrected chi connectivity index (χ2v) is 5.57. The average molecular weight is 279 g/mol. The van der Waals surface area contributed by atoms with Crippen LogP contribution >= 0.6 is 0 Å². The summed E-state index contributed by atoms with van der Waals surface area (Å²) in [5, 5.41) is 2.46. The van der Waals surface area contributed by atoms with E-state index in [0.717, 1.165) is 35.9 Å². The van der Waals surface area contributed by atoms with Crippen molar-refractivity contribution in [1.82, 2.24) is 4.98 Å². The maximum absolute atomic E-state index is 12.2. The molecule has 3 aromatic rings. The molecule has 2 nitrogen and oxygen atoms in total. The number of carbonyl (C=O) groups excluding carboxylic acids is 1. The van der Waals surface area contributed by atoms with Crippen LogP contribution < -0.4 is 0 Å². The number of ketones is 1. The lowest BCUT2D eigenvalue weighted by Gasteiger charge is -2.09. The van der Waals surface area contributed by atoms with Crippen LogP contribution in [0.25, 0.3) is 21.8 Å². The lowest BCUT2D eigenvalue weighted by molar-refractivity contribution is 0.0987. The summed E-state index contributed by atoms with van der Waals surface area (Å²) in [6, 6.07) is 12.4. The van der Waals surface area contributed by atoms with Gasteiger partial charge in [0.1, 0.15) is 0 Å². The molecule has 1 aromatic heterocycles. The molecular weight excluding hydrogens is 258 g/mol. The summed E-state index contributed by atoms with van der Waals surface area (Å²) in [5.74, 6) is 0.238. The van der Waals surface area contributed by atoms with Crippen LogP contribution in [-0.4, -0.2) is 10.8 Å². The Morgan fingerprint density at radius 1 is 1.05 bits per heavy atom. The van der Waals surface area contributed by atoms with Gasteiger partial charge in [0.25, 0.3) is 0 Å². The fourth-order valence-electron chi connectivity index (χ4n) is 3.04. The normalized spacial score (nSPS) is 11.3. The molecule has 0 spiro atoms. The minimum absolute atomic E-state index is 0.238. The van der Waals surface area contributed by atoms with Gasteiger partial charge >= 0.3 is 0 Å². The standard InChI is InChI=1S/C19H21NO/c1-3-5-8-15-14(18(21)4-2)11-12-16-13-9-6-7-10-17(13)20-19(15)16/h6-7,9-12,20H,3-5,8H2,1-2H3. The number of fused-ring (bicyclic) bond motifs is 3. The van der Waals surface area contributed by atoms with Crippen molar-refractivity contribution in [2.45, 2.75) is 39.5 Å². The summed E-state index contributed by atoms with van der Waals surface area (Å²) >= 11 is 0.